The van der Waals surface area contributed by atoms with Crippen LogP contribution in [0.2, 0.25) is 5.02 Å². The second kappa shape index (κ2) is 5.77. The second-order valence-corrected chi connectivity index (χ2v) is 5.32. The van der Waals surface area contributed by atoms with Crippen molar-refractivity contribution in [2.45, 2.75) is 13.8 Å². The van der Waals surface area contributed by atoms with Crippen LogP contribution in [-0.4, -0.2) is 20.4 Å². The molecule has 0 saturated heterocycles. The molecule has 0 fully saturated rings. The van der Waals surface area contributed by atoms with Crippen molar-refractivity contribution in [1.29, 1.82) is 0 Å². The zero-order valence-electron chi connectivity index (χ0n) is 12.0. The van der Waals surface area contributed by atoms with E-state index >= 15 is 0 Å². The Balaban J connectivity index is 2.08. The lowest BCUT2D eigenvalue weighted by atomic mass is 10.1. The quantitative estimate of drug-likeness (QED) is 0.717. The molecule has 0 aliphatic rings. The second-order valence-electron chi connectivity index (χ2n) is 4.91. The van der Waals surface area contributed by atoms with E-state index in [9.17, 15) is 4.39 Å². The Morgan fingerprint density at radius 3 is 1.82 bits per heavy atom. The zero-order valence-corrected chi connectivity index (χ0v) is 12.8. The van der Waals surface area contributed by atoms with Crippen molar-refractivity contribution in [3.8, 4) is 22.8 Å². The van der Waals surface area contributed by atoms with Crippen LogP contribution in [0, 0.1) is 19.7 Å². The Hall–Kier alpha value is -2.40. The molecular formula is C16H12ClFN4. The lowest BCUT2D eigenvalue weighted by Crippen LogP contribution is -2.02. The topological polar surface area (TPSA) is 51.6 Å². The number of hydrogen-bond donors (Lipinski definition) is 0. The van der Waals surface area contributed by atoms with Gasteiger partial charge in [-0.3, -0.25) is 0 Å². The van der Waals surface area contributed by atoms with Crippen LogP contribution in [0.3, 0.4) is 0 Å². The number of halogens is 2. The van der Waals surface area contributed by atoms with Crippen LogP contribution in [-0.2, 0) is 0 Å². The fraction of sp³-hybridized carbons (Fsp3) is 0.125. The van der Waals surface area contributed by atoms with E-state index < -0.39 is 5.82 Å². The Bertz CT molecular complexity index is 723. The highest BCUT2D eigenvalue weighted by molar-refractivity contribution is 6.33. The van der Waals surface area contributed by atoms with Crippen LogP contribution < -0.4 is 0 Å². The van der Waals surface area contributed by atoms with Crippen molar-refractivity contribution in [3.05, 3.63) is 58.4 Å². The predicted molar refractivity (Wildman–Crippen MR) is 82.9 cm³/mol. The molecule has 1 aromatic heterocycles. The number of nitrogens with zero attached hydrogens (tertiary/aromatic N) is 4. The predicted octanol–water partition coefficient (Wildman–Crippen LogP) is 4.01. The molecule has 22 heavy (non-hydrogen) atoms. The summed E-state index contributed by atoms with van der Waals surface area (Å²) < 4.78 is 13.9. The van der Waals surface area contributed by atoms with E-state index in [4.69, 9.17) is 11.6 Å². The van der Waals surface area contributed by atoms with Crippen LogP contribution in [0.1, 0.15) is 11.1 Å². The van der Waals surface area contributed by atoms with Crippen molar-refractivity contribution in [3.63, 3.8) is 0 Å². The number of benzene rings is 2. The summed E-state index contributed by atoms with van der Waals surface area (Å²) in [6.45, 7) is 3.69. The van der Waals surface area contributed by atoms with Crippen LogP contribution in [0.4, 0.5) is 4.39 Å². The molecule has 0 aliphatic carbocycles. The van der Waals surface area contributed by atoms with Gasteiger partial charge in [-0.2, -0.15) is 0 Å². The largest absolute Gasteiger partial charge is 0.206 e. The lowest BCUT2D eigenvalue weighted by molar-refractivity contribution is 0.627. The first-order valence-corrected chi connectivity index (χ1v) is 7.04. The average Bonchev–Trinajstić information content (AvgIpc) is 2.48. The number of hydrogen-bond acceptors (Lipinski definition) is 4. The van der Waals surface area contributed by atoms with Gasteiger partial charge in [-0.15, -0.1) is 20.4 Å². The molecule has 4 nitrogen and oxygen atoms in total. The first-order chi connectivity index (χ1) is 10.6. The summed E-state index contributed by atoms with van der Waals surface area (Å²) in [4.78, 5) is 0. The molecule has 0 amide bonds. The third-order valence-electron chi connectivity index (χ3n) is 3.37. The minimum absolute atomic E-state index is 0.157. The Morgan fingerprint density at radius 2 is 1.27 bits per heavy atom. The Labute approximate surface area is 132 Å². The van der Waals surface area contributed by atoms with Crippen molar-refractivity contribution < 1.29 is 4.39 Å². The Kier molecular flexibility index (Phi) is 3.81. The summed E-state index contributed by atoms with van der Waals surface area (Å²) in [5.41, 5.74) is 2.64. The summed E-state index contributed by atoms with van der Waals surface area (Å²) in [6.07, 6.45) is 0. The van der Waals surface area contributed by atoms with Gasteiger partial charge in [0.15, 0.2) is 0 Å². The van der Waals surface area contributed by atoms with Gasteiger partial charge in [0.2, 0.25) is 11.6 Å². The molecule has 0 aliphatic heterocycles. The van der Waals surface area contributed by atoms with Gasteiger partial charge in [-0.05, 0) is 37.1 Å². The highest BCUT2D eigenvalue weighted by atomic mass is 35.5. The molecular weight excluding hydrogens is 303 g/mol. The first kappa shape index (κ1) is 14.5. The van der Waals surface area contributed by atoms with Crippen molar-refractivity contribution >= 4 is 11.6 Å². The molecule has 0 spiro atoms. The van der Waals surface area contributed by atoms with Gasteiger partial charge in [0.1, 0.15) is 5.82 Å². The SMILES string of the molecule is Cc1cccc(F)c1-c1nnc(-c2c(C)cccc2Cl)nn1. The standard InChI is InChI=1S/C16H12ClFN4/c1-9-5-3-7-11(17)13(9)15-19-21-16(22-20-15)14-10(2)6-4-8-12(14)18/h3-8H,1-2H3. The molecule has 0 saturated carbocycles. The van der Waals surface area contributed by atoms with Crippen LogP contribution in [0.15, 0.2) is 36.4 Å². The fourth-order valence-corrected chi connectivity index (χ4v) is 2.57. The van der Waals surface area contributed by atoms with Crippen molar-refractivity contribution in [2.75, 3.05) is 0 Å². The number of aryl methyl sites for hydroxylation is 2. The van der Waals surface area contributed by atoms with Crippen molar-refractivity contribution in [1.82, 2.24) is 20.4 Å². The third kappa shape index (κ3) is 2.55. The van der Waals surface area contributed by atoms with Crippen LogP contribution in [0.5, 0.6) is 0 Å². The van der Waals surface area contributed by atoms with Gasteiger partial charge in [0, 0.05) is 5.56 Å². The van der Waals surface area contributed by atoms with E-state index in [0.29, 0.717) is 22.0 Å². The van der Waals surface area contributed by atoms with Crippen LogP contribution >= 0.6 is 11.6 Å². The van der Waals surface area contributed by atoms with Crippen LogP contribution in [0.25, 0.3) is 22.8 Å². The maximum atomic E-state index is 13.9. The molecule has 0 N–H and O–H groups in total. The normalized spacial score (nSPS) is 10.7. The maximum absolute atomic E-state index is 13.9. The lowest BCUT2D eigenvalue weighted by Gasteiger charge is -2.07. The first-order valence-electron chi connectivity index (χ1n) is 6.66. The summed E-state index contributed by atoms with van der Waals surface area (Å²) in [7, 11) is 0. The van der Waals surface area contributed by atoms with Gasteiger partial charge in [-0.1, -0.05) is 35.9 Å². The molecule has 0 unspecified atom stereocenters. The molecule has 2 aromatic carbocycles. The highest BCUT2D eigenvalue weighted by Gasteiger charge is 2.15. The van der Waals surface area contributed by atoms with E-state index in [1.807, 2.05) is 19.1 Å². The molecule has 1 heterocycles. The zero-order chi connectivity index (χ0) is 15.7. The summed E-state index contributed by atoms with van der Waals surface area (Å²) in [6, 6.07) is 10.3. The van der Waals surface area contributed by atoms with Gasteiger partial charge >= 0.3 is 0 Å². The molecule has 6 heteroatoms. The minimum Gasteiger partial charge on any atom is -0.206 e. The molecule has 3 rings (SSSR count). The summed E-state index contributed by atoms with van der Waals surface area (Å²) in [5.74, 6) is 0.0789. The average molecular weight is 315 g/mol. The Morgan fingerprint density at radius 1 is 0.773 bits per heavy atom. The van der Waals surface area contributed by atoms with E-state index in [2.05, 4.69) is 20.4 Å². The van der Waals surface area contributed by atoms with E-state index in [0.717, 1.165) is 11.1 Å². The number of rotatable bonds is 2. The fourth-order valence-electron chi connectivity index (χ4n) is 2.26. The van der Waals surface area contributed by atoms with Crippen molar-refractivity contribution in [2.24, 2.45) is 0 Å². The molecule has 0 bridgehead atoms. The number of aromatic nitrogens is 4. The maximum Gasteiger partial charge on any atom is 0.206 e. The molecule has 110 valence electrons. The van der Waals surface area contributed by atoms with Gasteiger partial charge in [-0.25, -0.2) is 4.39 Å². The van der Waals surface area contributed by atoms with Gasteiger partial charge in [0.05, 0.1) is 10.6 Å². The van der Waals surface area contributed by atoms with Gasteiger partial charge in [0.25, 0.3) is 0 Å². The van der Waals surface area contributed by atoms with E-state index in [1.165, 1.54) is 6.07 Å². The third-order valence-corrected chi connectivity index (χ3v) is 3.68. The summed E-state index contributed by atoms with van der Waals surface area (Å²) in [5, 5.41) is 16.6. The molecule has 3 aromatic rings. The summed E-state index contributed by atoms with van der Waals surface area (Å²) >= 11 is 6.18. The minimum atomic E-state index is -0.398. The monoisotopic (exact) mass is 314 g/mol. The molecule has 0 radical (unpaired) electrons. The van der Waals surface area contributed by atoms with E-state index in [-0.39, 0.29) is 5.82 Å². The molecule has 0 atom stereocenters. The smallest absolute Gasteiger partial charge is 0.206 e. The van der Waals surface area contributed by atoms with Gasteiger partial charge < -0.3 is 0 Å². The highest BCUT2D eigenvalue weighted by Crippen LogP contribution is 2.28. The van der Waals surface area contributed by atoms with E-state index in [1.54, 1.807) is 25.1 Å².